The maximum atomic E-state index is 12.6. The first-order valence-corrected chi connectivity index (χ1v) is 9.36. The average Bonchev–Trinajstić information content (AvgIpc) is 3.16. The van der Waals surface area contributed by atoms with E-state index in [2.05, 4.69) is 20.3 Å². The minimum atomic E-state index is -4.62. The van der Waals surface area contributed by atoms with Crippen molar-refractivity contribution < 1.29 is 27.1 Å². The van der Waals surface area contributed by atoms with E-state index in [1.165, 1.54) is 12.8 Å². The van der Waals surface area contributed by atoms with Gasteiger partial charge in [0.15, 0.2) is 0 Å². The van der Waals surface area contributed by atoms with E-state index < -0.39 is 18.5 Å². The number of carbonyl (C=O) groups is 1. The van der Waals surface area contributed by atoms with Gasteiger partial charge in [-0.25, -0.2) is 0 Å². The molecule has 1 aliphatic heterocycles. The molecule has 0 radical (unpaired) electrons. The lowest BCUT2D eigenvalue weighted by atomic mass is 9.82. The molecule has 2 saturated carbocycles. The maximum Gasteiger partial charge on any atom is 0.522 e. The standard InChI is InChI=1S/C17H23F3N4O3/c1-10(14(25)24-6-4-16(2-3-16)5-7-24)21-15-23-22-13(26-15)11-8-12(9-11)27-17(18,19)20/h10-12H,2-9H2,1H3,(H,21,23)/t10-,11-,12+/m1/s1. The van der Waals surface area contributed by atoms with Crippen LogP contribution in [-0.4, -0.2) is 52.6 Å². The molecule has 1 spiro atoms. The van der Waals surface area contributed by atoms with Crippen LogP contribution in [0, 0.1) is 5.41 Å². The molecule has 2 heterocycles. The number of carbonyl (C=O) groups excluding carboxylic acids is 1. The average molecular weight is 388 g/mol. The summed E-state index contributed by atoms with van der Waals surface area (Å²) in [4.78, 5) is 14.4. The van der Waals surface area contributed by atoms with Crippen LogP contribution in [0.25, 0.3) is 0 Å². The van der Waals surface area contributed by atoms with E-state index in [1.54, 1.807) is 6.92 Å². The van der Waals surface area contributed by atoms with Crippen molar-refractivity contribution in [2.24, 2.45) is 5.41 Å². The first kappa shape index (κ1) is 18.5. The van der Waals surface area contributed by atoms with Gasteiger partial charge >= 0.3 is 12.4 Å². The van der Waals surface area contributed by atoms with Gasteiger partial charge in [-0.3, -0.25) is 9.53 Å². The van der Waals surface area contributed by atoms with E-state index in [9.17, 15) is 18.0 Å². The fourth-order valence-corrected chi connectivity index (χ4v) is 3.91. The van der Waals surface area contributed by atoms with Gasteiger partial charge in [-0.15, -0.1) is 18.3 Å². The predicted octanol–water partition coefficient (Wildman–Crippen LogP) is 3.06. The van der Waals surface area contributed by atoms with Gasteiger partial charge in [0.05, 0.1) is 6.10 Å². The molecule has 1 aromatic heterocycles. The normalized spacial score (nSPS) is 27.9. The van der Waals surface area contributed by atoms with Crippen LogP contribution in [-0.2, 0) is 9.53 Å². The fraction of sp³-hybridized carbons (Fsp3) is 0.824. The quantitative estimate of drug-likeness (QED) is 0.835. The summed E-state index contributed by atoms with van der Waals surface area (Å²) >= 11 is 0. The predicted molar refractivity (Wildman–Crippen MR) is 87.8 cm³/mol. The molecule has 1 aromatic rings. The molecule has 10 heteroatoms. The first-order chi connectivity index (χ1) is 12.7. The monoisotopic (exact) mass is 388 g/mol. The highest BCUT2D eigenvalue weighted by Crippen LogP contribution is 2.53. The van der Waals surface area contributed by atoms with Crippen molar-refractivity contribution in [2.45, 2.75) is 69.9 Å². The van der Waals surface area contributed by atoms with Crippen LogP contribution in [0.3, 0.4) is 0 Å². The number of nitrogens with one attached hydrogen (secondary N) is 1. The Morgan fingerprint density at radius 1 is 1.26 bits per heavy atom. The molecular weight excluding hydrogens is 365 g/mol. The summed E-state index contributed by atoms with van der Waals surface area (Å²) in [7, 11) is 0. The van der Waals surface area contributed by atoms with E-state index >= 15 is 0 Å². The molecule has 0 aromatic carbocycles. The van der Waals surface area contributed by atoms with E-state index in [0.717, 1.165) is 25.9 Å². The van der Waals surface area contributed by atoms with Gasteiger partial charge in [-0.05, 0) is 50.9 Å². The Morgan fingerprint density at radius 2 is 1.93 bits per heavy atom. The number of ether oxygens (including phenoxy) is 1. The van der Waals surface area contributed by atoms with E-state index in [1.807, 2.05) is 4.90 Å². The molecule has 3 aliphatic rings. The van der Waals surface area contributed by atoms with Crippen LogP contribution in [0.4, 0.5) is 19.2 Å². The number of hydrogen-bond donors (Lipinski definition) is 1. The van der Waals surface area contributed by atoms with Gasteiger partial charge in [0.25, 0.3) is 0 Å². The maximum absolute atomic E-state index is 12.6. The molecule has 1 amide bonds. The van der Waals surface area contributed by atoms with Gasteiger partial charge in [0.2, 0.25) is 11.8 Å². The first-order valence-electron chi connectivity index (χ1n) is 9.36. The third kappa shape index (κ3) is 4.20. The molecule has 0 bridgehead atoms. The third-order valence-corrected chi connectivity index (χ3v) is 5.99. The lowest BCUT2D eigenvalue weighted by Crippen LogP contribution is -2.45. The Hall–Kier alpha value is -1.84. The Bertz CT molecular complexity index is 688. The molecule has 0 unspecified atom stereocenters. The summed E-state index contributed by atoms with van der Waals surface area (Å²) in [5.74, 6) is 0.0172. The highest BCUT2D eigenvalue weighted by atomic mass is 19.4. The lowest BCUT2D eigenvalue weighted by Gasteiger charge is -2.33. The van der Waals surface area contributed by atoms with Crippen LogP contribution < -0.4 is 5.32 Å². The molecule has 3 fully saturated rings. The van der Waals surface area contributed by atoms with Crippen molar-refractivity contribution in [3.05, 3.63) is 5.89 Å². The van der Waals surface area contributed by atoms with Crippen LogP contribution >= 0.6 is 0 Å². The van der Waals surface area contributed by atoms with Crippen molar-refractivity contribution in [2.75, 3.05) is 18.4 Å². The van der Waals surface area contributed by atoms with Crippen LogP contribution in [0.1, 0.15) is 57.3 Å². The number of halogens is 3. The number of rotatable bonds is 5. The number of likely N-dealkylation sites (tertiary alicyclic amines) is 1. The Labute approximate surface area is 154 Å². The Balaban J connectivity index is 1.25. The number of piperidine rings is 1. The van der Waals surface area contributed by atoms with Gasteiger partial charge < -0.3 is 14.6 Å². The summed E-state index contributed by atoms with van der Waals surface area (Å²) < 4.78 is 45.9. The second kappa shape index (κ2) is 6.65. The summed E-state index contributed by atoms with van der Waals surface area (Å²) in [5.41, 5.74) is 0.505. The SMILES string of the molecule is C[C@@H](Nc1nnc([C@H]2C[C@@H](OC(F)(F)F)C2)o1)C(=O)N1CCC2(CC1)CC2. The number of anilines is 1. The smallest absolute Gasteiger partial charge is 0.408 e. The minimum absolute atomic E-state index is 0.00691. The number of alkyl halides is 3. The summed E-state index contributed by atoms with van der Waals surface area (Å²) in [6, 6.07) is -0.393. The largest absolute Gasteiger partial charge is 0.522 e. The van der Waals surface area contributed by atoms with Crippen LogP contribution in [0.5, 0.6) is 0 Å². The Kier molecular flexibility index (Phi) is 4.56. The van der Waals surface area contributed by atoms with Crippen molar-refractivity contribution >= 4 is 11.9 Å². The van der Waals surface area contributed by atoms with E-state index in [4.69, 9.17) is 4.42 Å². The molecule has 4 rings (SSSR count). The molecule has 1 N–H and O–H groups in total. The molecule has 150 valence electrons. The van der Waals surface area contributed by atoms with Crippen molar-refractivity contribution in [3.8, 4) is 0 Å². The number of nitrogens with zero attached hydrogens (tertiary/aromatic N) is 3. The summed E-state index contributed by atoms with van der Waals surface area (Å²) in [6.07, 6.45) is -0.421. The summed E-state index contributed by atoms with van der Waals surface area (Å²) in [5, 5.41) is 10.6. The third-order valence-electron chi connectivity index (χ3n) is 5.99. The van der Waals surface area contributed by atoms with E-state index in [-0.39, 0.29) is 36.6 Å². The van der Waals surface area contributed by atoms with Crippen molar-refractivity contribution in [1.29, 1.82) is 0 Å². The molecule has 7 nitrogen and oxygen atoms in total. The van der Waals surface area contributed by atoms with Crippen LogP contribution in [0.15, 0.2) is 4.42 Å². The number of hydrogen-bond acceptors (Lipinski definition) is 6. The molecular formula is C17H23F3N4O3. The van der Waals surface area contributed by atoms with Gasteiger partial charge in [-0.2, -0.15) is 0 Å². The molecule has 2 aliphatic carbocycles. The zero-order chi connectivity index (χ0) is 19.2. The highest BCUT2D eigenvalue weighted by Gasteiger charge is 2.45. The zero-order valence-corrected chi connectivity index (χ0v) is 15.1. The second-order valence-electron chi connectivity index (χ2n) is 7.99. The van der Waals surface area contributed by atoms with Crippen molar-refractivity contribution in [1.82, 2.24) is 15.1 Å². The highest BCUT2D eigenvalue weighted by molar-refractivity contribution is 5.83. The fourth-order valence-electron chi connectivity index (χ4n) is 3.91. The lowest BCUT2D eigenvalue weighted by molar-refractivity contribution is -0.352. The minimum Gasteiger partial charge on any atom is -0.408 e. The second-order valence-corrected chi connectivity index (χ2v) is 7.99. The van der Waals surface area contributed by atoms with Crippen molar-refractivity contribution in [3.63, 3.8) is 0 Å². The van der Waals surface area contributed by atoms with Gasteiger partial charge in [0, 0.05) is 19.0 Å². The molecule has 27 heavy (non-hydrogen) atoms. The number of aromatic nitrogens is 2. The zero-order valence-electron chi connectivity index (χ0n) is 15.1. The molecule has 1 saturated heterocycles. The van der Waals surface area contributed by atoms with Crippen LogP contribution in [0.2, 0.25) is 0 Å². The van der Waals surface area contributed by atoms with Gasteiger partial charge in [0.1, 0.15) is 6.04 Å². The number of amides is 1. The summed E-state index contributed by atoms with van der Waals surface area (Å²) in [6.45, 7) is 3.30. The topological polar surface area (TPSA) is 80.5 Å². The molecule has 1 atom stereocenters. The van der Waals surface area contributed by atoms with Gasteiger partial charge in [-0.1, -0.05) is 5.10 Å². The Morgan fingerprint density at radius 3 is 2.52 bits per heavy atom. The van der Waals surface area contributed by atoms with E-state index in [0.29, 0.717) is 5.41 Å².